The molecule has 6 heteroatoms. The molecule has 1 saturated heterocycles. The van der Waals surface area contributed by atoms with Crippen molar-refractivity contribution in [3.63, 3.8) is 0 Å². The van der Waals surface area contributed by atoms with Crippen molar-refractivity contribution in [3.05, 3.63) is 82.9 Å². The van der Waals surface area contributed by atoms with Gasteiger partial charge in [0, 0.05) is 61.3 Å². The number of carbonyl (C=O) groups is 2. The van der Waals surface area contributed by atoms with Crippen molar-refractivity contribution in [1.29, 1.82) is 0 Å². The third-order valence-corrected chi connectivity index (χ3v) is 8.12. The van der Waals surface area contributed by atoms with E-state index in [-0.39, 0.29) is 16.8 Å². The third-order valence-electron chi connectivity index (χ3n) is 8.12. The van der Waals surface area contributed by atoms with Crippen molar-refractivity contribution >= 4 is 23.5 Å². The number of esters is 1. The molecule has 5 rings (SSSR count). The second-order valence-electron chi connectivity index (χ2n) is 11.3. The predicted octanol–water partition coefficient (Wildman–Crippen LogP) is 5.07. The summed E-state index contributed by atoms with van der Waals surface area (Å²) in [7, 11) is 3.60. The normalized spacial score (nSPS) is 22.7. The fraction of sp³-hybridized carbons (Fsp3) is 0.438. The first-order chi connectivity index (χ1) is 18.2. The van der Waals surface area contributed by atoms with E-state index in [0.29, 0.717) is 5.56 Å². The minimum absolute atomic E-state index is 0.00103. The number of methoxy groups -OCH3 is 1. The molecule has 38 heavy (non-hydrogen) atoms. The lowest BCUT2D eigenvalue weighted by Gasteiger charge is -2.50. The molecule has 0 bridgehead atoms. The molecule has 0 saturated carbocycles. The van der Waals surface area contributed by atoms with Crippen LogP contribution in [0.4, 0.5) is 5.69 Å². The highest BCUT2D eigenvalue weighted by molar-refractivity contribution is 5.90. The molecule has 1 fully saturated rings. The van der Waals surface area contributed by atoms with Crippen LogP contribution in [0.5, 0.6) is 0 Å². The summed E-state index contributed by atoms with van der Waals surface area (Å²) in [4.78, 5) is 27.1. The Labute approximate surface area is 227 Å². The summed E-state index contributed by atoms with van der Waals surface area (Å²) < 4.78 is 4.79. The van der Waals surface area contributed by atoms with E-state index in [1.54, 1.807) is 5.57 Å². The summed E-state index contributed by atoms with van der Waals surface area (Å²) >= 11 is 0. The molecule has 1 N–H and O–H groups in total. The Hall–Kier alpha value is -3.22. The van der Waals surface area contributed by atoms with Gasteiger partial charge in [0.25, 0.3) is 0 Å². The van der Waals surface area contributed by atoms with Crippen LogP contribution in [0.25, 0.3) is 5.57 Å². The lowest BCUT2D eigenvalue weighted by molar-refractivity contribution is 0.0600. The Morgan fingerprint density at radius 3 is 2.34 bits per heavy atom. The van der Waals surface area contributed by atoms with Gasteiger partial charge in [-0.25, -0.2) is 4.79 Å². The SMILES string of the molecule is COC(=O)c1ccc(C2=CC[C@]3(C)CN(C)CC=C3C2(C)C)cc1.O=Cc1ccccc1N1CCNCC1. The number of para-hydroxylation sites is 1. The summed E-state index contributed by atoms with van der Waals surface area (Å²) in [6.45, 7) is 13.1. The monoisotopic (exact) mass is 515 g/mol. The minimum atomic E-state index is -0.288. The maximum atomic E-state index is 11.6. The number of allylic oxidation sites excluding steroid dienone is 2. The fourth-order valence-electron chi connectivity index (χ4n) is 6.31. The molecule has 6 nitrogen and oxygen atoms in total. The number of rotatable bonds is 4. The van der Waals surface area contributed by atoms with Gasteiger partial charge in [-0.05, 0) is 48.9 Å². The average Bonchev–Trinajstić information content (AvgIpc) is 2.93. The quantitative estimate of drug-likeness (QED) is 0.348. The summed E-state index contributed by atoms with van der Waals surface area (Å²) in [6, 6.07) is 15.5. The van der Waals surface area contributed by atoms with Crippen molar-refractivity contribution in [2.75, 3.05) is 58.3 Å². The molecular formula is C32H41N3O3. The van der Waals surface area contributed by atoms with Gasteiger partial charge in [-0.3, -0.25) is 4.79 Å². The number of fused-ring (bicyclic) bond motifs is 1. The molecule has 0 radical (unpaired) electrons. The summed E-state index contributed by atoms with van der Waals surface area (Å²) in [5.74, 6) is -0.288. The molecule has 2 aliphatic heterocycles. The molecule has 0 aromatic heterocycles. The first kappa shape index (κ1) is 27.8. The Kier molecular flexibility index (Phi) is 8.54. The van der Waals surface area contributed by atoms with Gasteiger partial charge in [0.2, 0.25) is 0 Å². The number of nitrogens with zero attached hydrogens (tertiary/aromatic N) is 2. The van der Waals surface area contributed by atoms with E-state index in [2.05, 4.69) is 55.1 Å². The Morgan fingerprint density at radius 2 is 1.68 bits per heavy atom. The number of hydrogen-bond acceptors (Lipinski definition) is 6. The Balaban J connectivity index is 0.000000204. The maximum absolute atomic E-state index is 11.6. The average molecular weight is 516 g/mol. The number of benzene rings is 2. The highest BCUT2D eigenvalue weighted by Crippen LogP contribution is 2.55. The zero-order valence-electron chi connectivity index (χ0n) is 23.4. The molecule has 2 aromatic rings. The van der Waals surface area contributed by atoms with E-state index in [1.165, 1.54) is 18.2 Å². The smallest absolute Gasteiger partial charge is 0.337 e. The molecule has 1 aliphatic carbocycles. The number of anilines is 1. The van der Waals surface area contributed by atoms with Crippen molar-refractivity contribution in [1.82, 2.24) is 10.2 Å². The van der Waals surface area contributed by atoms with E-state index in [4.69, 9.17) is 4.74 Å². The van der Waals surface area contributed by atoms with Crippen molar-refractivity contribution in [2.24, 2.45) is 10.8 Å². The topological polar surface area (TPSA) is 61.9 Å². The molecule has 1 atom stereocenters. The van der Waals surface area contributed by atoms with Crippen molar-refractivity contribution in [2.45, 2.75) is 27.2 Å². The van der Waals surface area contributed by atoms with Gasteiger partial charge in [0.15, 0.2) is 6.29 Å². The summed E-state index contributed by atoms with van der Waals surface area (Å²) in [5.41, 5.74) is 6.74. The summed E-state index contributed by atoms with van der Waals surface area (Å²) in [6.07, 6.45) is 6.79. The predicted molar refractivity (Wildman–Crippen MR) is 155 cm³/mol. The van der Waals surface area contributed by atoms with Gasteiger partial charge >= 0.3 is 5.97 Å². The van der Waals surface area contributed by atoms with E-state index in [0.717, 1.165) is 63.2 Å². The van der Waals surface area contributed by atoms with Crippen LogP contribution >= 0.6 is 0 Å². The van der Waals surface area contributed by atoms with E-state index < -0.39 is 0 Å². The highest BCUT2D eigenvalue weighted by Gasteiger charge is 2.45. The lowest BCUT2D eigenvalue weighted by Crippen LogP contribution is -2.45. The molecule has 202 valence electrons. The van der Waals surface area contributed by atoms with Gasteiger partial charge < -0.3 is 19.9 Å². The Morgan fingerprint density at radius 1 is 1.00 bits per heavy atom. The van der Waals surface area contributed by atoms with Crippen molar-refractivity contribution in [3.8, 4) is 0 Å². The molecule has 0 spiro atoms. The number of nitrogens with one attached hydrogen (secondary N) is 1. The minimum Gasteiger partial charge on any atom is -0.465 e. The number of aldehydes is 1. The zero-order valence-corrected chi connectivity index (χ0v) is 23.4. The number of carbonyl (C=O) groups excluding carboxylic acids is 2. The number of likely N-dealkylation sites (N-methyl/N-ethyl adjacent to an activating group) is 1. The highest BCUT2D eigenvalue weighted by atomic mass is 16.5. The van der Waals surface area contributed by atoms with Crippen LogP contribution in [-0.4, -0.2) is 70.6 Å². The first-order valence-corrected chi connectivity index (χ1v) is 13.5. The van der Waals surface area contributed by atoms with Gasteiger partial charge in [-0.2, -0.15) is 0 Å². The Bertz CT molecular complexity index is 1210. The van der Waals surface area contributed by atoms with Crippen LogP contribution in [0, 0.1) is 10.8 Å². The molecule has 2 heterocycles. The first-order valence-electron chi connectivity index (χ1n) is 13.5. The lowest BCUT2D eigenvalue weighted by atomic mass is 9.58. The van der Waals surface area contributed by atoms with Crippen molar-refractivity contribution < 1.29 is 14.3 Å². The summed E-state index contributed by atoms with van der Waals surface area (Å²) in [5, 5.41) is 3.29. The van der Waals surface area contributed by atoms with Crippen LogP contribution < -0.4 is 10.2 Å². The van der Waals surface area contributed by atoms with Gasteiger partial charge in [-0.1, -0.05) is 62.8 Å². The van der Waals surface area contributed by atoms with E-state index in [1.807, 2.05) is 48.5 Å². The van der Waals surface area contributed by atoms with Crippen LogP contribution in [-0.2, 0) is 4.74 Å². The zero-order chi connectivity index (χ0) is 27.3. The number of ether oxygens (including phenoxy) is 1. The van der Waals surface area contributed by atoms with Crippen LogP contribution in [0.1, 0.15) is 53.5 Å². The molecule has 3 aliphatic rings. The number of hydrogen-bond donors (Lipinski definition) is 1. The molecular weight excluding hydrogens is 474 g/mol. The second-order valence-corrected chi connectivity index (χ2v) is 11.3. The van der Waals surface area contributed by atoms with E-state index in [9.17, 15) is 9.59 Å². The molecule has 0 amide bonds. The molecule has 2 aromatic carbocycles. The van der Waals surface area contributed by atoms with Gasteiger partial charge in [0.05, 0.1) is 12.7 Å². The standard InChI is InChI=1S/C21H27NO2.C11H14N2O/c1-20(2)17(15-6-8-16(9-7-15)19(23)24-5)10-12-21(3)14-22(4)13-11-18(20)21;14-9-10-3-1-2-4-11(10)13-7-5-12-6-8-13/h6-11H,12-14H2,1-5H3;1-4,9,12H,5-8H2/t21-;/m1./s1. The fourth-order valence-corrected chi connectivity index (χ4v) is 6.31. The molecule has 0 unspecified atom stereocenters. The number of piperazine rings is 1. The van der Waals surface area contributed by atoms with Crippen LogP contribution in [0.15, 0.2) is 66.3 Å². The van der Waals surface area contributed by atoms with Crippen LogP contribution in [0.2, 0.25) is 0 Å². The van der Waals surface area contributed by atoms with Crippen LogP contribution in [0.3, 0.4) is 0 Å². The van der Waals surface area contributed by atoms with Gasteiger partial charge in [-0.15, -0.1) is 0 Å². The maximum Gasteiger partial charge on any atom is 0.337 e. The second kappa shape index (κ2) is 11.7. The third kappa shape index (κ3) is 5.77. The van der Waals surface area contributed by atoms with Gasteiger partial charge in [0.1, 0.15) is 0 Å². The van der Waals surface area contributed by atoms with E-state index >= 15 is 0 Å². The largest absolute Gasteiger partial charge is 0.465 e.